The minimum absolute atomic E-state index is 0.144. The van der Waals surface area contributed by atoms with Gasteiger partial charge in [-0.2, -0.15) is 0 Å². The lowest BCUT2D eigenvalue weighted by Gasteiger charge is -2.46. The number of benzene rings is 1. The third kappa shape index (κ3) is 2.98. The number of hydrogen-bond acceptors (Lipinski definition) is 3. The van der Waals surface area contributed by atoms with E-state index in [4.69, 9.17) is 10.5 Å². The van der Waals surface area contributed by atoms with Crippen LogP contribution in [0.15, 0.2) is 30.3 Å². The molecule has 1 fully saturated rings. The summed E-state index contributed by atoms with van der Waals surface area (Å²) in [6, 6.07) is 10.3. The van der Waals surface area contributed by atoms with Crippen molar-refractivity contribution in [1.29, 1.82) is 0 Å². The summed E-state index contributed by atoms with van der Waals surface area (Å²) in [6.45, 7) is 6.04. The molecule has 0 amide bonds. The van der Waals surface area contributed by atoms with Gasteiger partial charge in [-0.05, 0) is 45.1 Å². The van der Waals surface area contributed by atoms with Crippen LogP contribution < -0.4 is 5.73 Å². The first kappa shape index (κ1) is 14.1. The van der Waals surface area contributed by atoms with Crippen molar-refractivity contribution in [3.8, 4) is 0 Å². The van der Waals surface area contributed by atoms with Gasteiger partial charge in [-0.25, -0.2) is 0 Å². The standard InChI is InChI=1S/C16H23NO2/c1-15(2,3)19-14(18)16(11-17)9-13(10-16)12-7-5-4-6-8-12/h4-8,13H,9-11,17H2,1-3H3. The molecule has 3 nitrogen and oxygen atoms in total. The van der Waals surface area contributed by atoms with Crippen LogP contribution >= 0.6 is 0 Å². The van der Waals surface area contributed by atoms with Crippen LogP contribution in [0.2, 0.25) is 0 Å². The normalized spacial score (nSPS) is 26.6. The lowest BCUT2D eigenvalue weighted by atomic mass is 9.60. The number of nitrogens with two attached hydrogens (primary N) is 1. The second-order valence-electron chi connectivity index (χ2n) is 6.50. The topological polar surface area (TPSA) is 52.3 Å². The largest absolute Gasteiger partial charge is 0.460 e. The molecule has 1 aliphatic carbocycles. The van der Waals surface area contributed by atoms with Gasteiger partial charge in [0.05, 0.1) is 5.41 Å². The number of carbonyl (C=O) groups excluding carboxylic acids is 1. The summed E-state index contributed by atoms with van der Waals surface area (Å²) >= 11 is 0. The number of ether oxygens (including phenoxy) is 1. The van der Waals surface area contributed by atoms with E-state index in [0.29, 0.717) is 12.5 Å². The summed E-state index contributed by atoms with van der Waals surface area (Å²) in [7, 11) is 0. The number of rotatable bonds is 3. The van der Waals surface area contributed by atoms with Crippen molar-refractivity contribution in [3.05, 3.63) is 35.9 Å². The fraction of sp³-hybridized carbons (Fsp3) is 0.562. The molecular weight excluding hydrogens is 238 g/mol. The zero-order chi connectivity index (χ0) is 14.1. The molecule has 0 heterocycles. The molecule has 0 spiro atoms. The van der Waals surface area contributed by atoms with Crippen LogP contribution in [0, 0.1) is 5.41 Å². The molecule has 2 N–H and O–H groups in total. The van der Waals surface area contributed by atoms with E-state index in [9.17, 15) is 4.79 Å². The highest BCUT2D eigenvalue weighted by Gasteiger charge is 2.51. The summed E-state index contributed by atoms with van der Waals surface area (Å²) < 4.78 is 5.50. The molecule has 0 unspecified atom stereocenters. The Kier molecular flexibility index (Phi) is 3.68. The number of esters is 1. The fourth-order valence-corrected chi connectivity index (χ4v) is 2.65. The molecule has 1 aromatic carbocycles. The lowest BCUT2D eigenvalue weighted by Crippen LogP contribution is -2.50. The molecule has 1 saturated carbocycles. The van der Waals surface area contributed by atoms with E-state index in [-0.39, 0.29) is 5.97 Å². The Bertz CT molecular complexity index is 442. The second-order valence-corrected chi connectivity index (χ2v) is 6.50. The van der Waals surface area contributed by atoms with Gasteiger partial charge in [-0.3, -0.25) is 4.79 Å². The number of carbonyl (C=O) groups is 1. The van der Waals surface area contributed by atoms with Crippen LogP contribution in [0.3, 0.4) is 0 Å². The Morgan fingerprint density at radius 2 is 1.89 bits per heavy atom. The molecule has 0 aliphatic heterocycles. The van der Waals surface area contributed by atoms with Crippen molar-refractivity contribution in [2.45, 2.75) is 45.1 Å². The lowest BCUT2D eigenvalue weighted by molar-refractivity contribution is -0.173. The average Bonchev–Trinajstić information content (AvgIpc) is 2.27. The summed E-state index contributed by atoms with van der Waals surface area (Å²) in [6.07, 6.45) is 1.59. The van der Waals surface area contributed by atoms with Crippen molar-refractivity contribution < 1.29 is 9.53 Å². The highest BCUT2D eigenvalue weighted by molar-refractivity contribution is 5.79. The van der Waals surface area contributed by atoms with Gasteiger partial charge in [0.15, 0.2) is 0 Å². The average molecular weight is 261 g/mol. The Balaban J connectivity index is 2.03. The molecule has 0 aromatic heterocycles. The van der Waals surface area contributed by atoms with E-state index in [2.05, 4.69) is 12.1 Å². The maximum Gasteiger partial charge on any atom is 0.313 e. The van der Waals surface area contributed by atoms with Crippen molar-refractivity contribution >= 4 is 5.97 Å². The van der Waals surface area contributed by atoms with E-state index >= 15 is 0 Å². The zero-order valence-corrected chi connectivity index (χ0v) is 12.0. The molecular formula is C16H23NO2. The van der Waals surface area contributed by atoms with Crippen molar-refractivity contribution in [3.63, 3.8) is 0 Å². The molecule has 1 aromatic rings. The maximum absolute atomic E-state index is 12.3. The van der Waals surface area contributed by atoms with Gasteiger partial charge in [0.1, 0.15) is 5.60 Å². The number of hydrogen-bond donors (Lipinski definition) is 1. The van der Waals surface area contributed by atoms with Crippen LogP contribution in [0.4, 0.5) is 0 Å². The van der Waals surface area contributed by atoms with Crippen LogP contribution in [0.1, 0.15) is 45.1 Å². The van der Waals surface area contributed by atoms with Crippen LogP contribution in [-0.2, 0) is 9.53 Å². The van der Waals surface area contributed by atoms with Gasteiger partial charge in [-0.15, -0.1) is 0 Å². The van der Waals surface area contributed by atoms with Crippen molar-refractivity contribution in [1.82, 2.24) is 0 Å². The van der Waals surface area contributed by atoms with E-state index in [0.717, 1.165) is 12.8 Å². The van der Waals surface area contributed by atoms with Gasteiger partial charge in [0, 0.05) is 6.54 Å². The Morgan fingerprint density at radius 3 is 2.37 bits per heavy atom. The molecule has 2 rings (SSSR count). The van der Waals surface area contributed by atoms with Crippen molar-refractivity contribution in [2.24, 2.45) is 11.1 Å². The first-order valence-corrected chi connectivity index (χ1v) is 6.85. The predicted octanol–water partition coefficient (Wildman–Crippen LogP) is 2.85. The summed E-state index contributed by atoms with van der Waals surface area (Å²) in [4.78, 5) is 12.3. The Morgan fingerprint density at radius 1 is 1.32 bits per heavy atom. The van der Waals surface area contributed by atoms with E-state index in [1.165, 1.54) is 5.56 Å². The highest BCUT2D eigenvalue weighted by Crippen LogP contribution is 2.51. The Labute approximate surface area is 115 Å². The van der Waals surface area contributed by atoms with Gasteiger partial charge in [0.25, 0.3) is 0 Å². The van der Waals surface area contributed by atoms with Crippen molar-refractivity contribution in [2.75, 3.05) is 6.54 Å². The molecule has 104 valence electrons. The molecule has 19 heavy (non-hydrogen) atoms. The summed E-state index contributed by atoms with van der Waals surface area (Å²) in [5.41, 5.74) is 6.19. The first-order chi connectivity index (χ1) is 8.86. The van der Waals surface area contributed by atoms with E-state index in [1.807, 2.05) is 39.0 Å². The molecule has 1 aliphatic rings. The van der Waals surface area contributed by atoms with Crippen LogP contribution in [-0.4, -0.2) is 18.1 Å². The first-order valence-electron chi connectivity index (χ1n) is 6.85. The van der Waals surface area contributed by atoms with Gasteiger partial charge in [-0.1, -0.05) is 30.3 Å². The molecule has 0 bridgehead atoms. The fourth-order valence-electron chi connectivity index (χ4n) is 2.65. The maximum atomic E-state index is 12.3. The minimum Gasteiger partial charge on any atom is -0.460 e. The summed E-state index contributed by atoms with van der Waals surface area (Å²) in [5.74, 6) is 0.284. The van der Waals surface area contributed by atoms with Crippen LogP contribution in [0.25, 0.3) is 0 Å². The predicted molar refractivity (Wildman–Crippen MR) is 75.7 cm³/mol. The van der Waals surface area contributed by atoms with E-state index in [1.54, 1.807) is 0 Å². The zero-order valence-electron chi connectivity index (χ0n) is 12.0. The monoisotopic (exact) mass is 261 g/mol. The highest BCUT2D eigenvalue weighted by atomic mass is 16.6. The third-order valence-electron chi connectivity index (χ3n) is 3.77. The van der Waals surface area contributed by atoms with Crippen LogP contribution in [0.5, 0.6) is 0 Å². The minimum atomic E-state index is -0.478. The molecule has 0 atom stereocenters. The van der Waals surface area contributed by atoms with Gasteiger partial charge in [0.2, 0.25) is 0 Å². The van der Waals surface area contributed by atoms with Gasteiger partial charge < -0.3 is 10.5 Å². The Hall–Kier alpha value is -1.35. The molecule has 0 saturated heterocycles. The van der Waals surface area contributed by atoms with Gasteiger partial charge >= 0.3 is 5.97 Å². The smallest absolute Gasteiger partial charge is 0.313 e. The SMILES string of the molecule is CC(C)(C)OC(=O)C1(CN)CC(c2ccccc2)C1. The quantitative estimate of drug-likeness (QED) is 0.851. The molecule has 0 radical (unpaired) electrons. The summed E-state index contributed by atoms with van der Waals surface area (Å²) in [5, 5.41) is 0. The van der Waals surface area contributed by atoms with E-state index < -0.39 is 11.0 Å². The second kappa shape index (κ2) is 4.97. The molecule has 3 heteroatoms. The third-order valence-corrected chi connectivity index (χ3v) is 3.77.